The highest BCUT2D eigenvalue weighted by atomic mass is 16.2. The van der Waals surface area contributed by atoms with E-state index < -0.39 is 0 Å². The van der Waals surface area contributed by atoms with E-state index in [-0.39, 0.29) is 5.91 Å². The van der Waals surface area contributed by atoms with Gasteiger partial charge >= 0.3 is 0 Å². The van der Waals surface area contributed by atoms with Crippen molar-refractivity contribution in [1.82, 2.24) is 34.8 Å². The smallest absolute Gasteiger partial charge is 0.255 e. The van der Waals surface area contributed by atoms with Crippen LogP contribution >= 0.6 is 0 Å². The number of fused-ring (bicyclic) bond motifs is 1. The maximum Gasteiger partial charge on any atom is 0.255 e. The van der Waals surface area contributed by atoms with Gasteiger partial charge in [-0.15, -0.1) is 5.10 Å². The Balaban J connectivity index is 1.44. The lowest BCUT2D eigenvalue weighted by atomic mass is 10.1. The molecule has 0 spiro atoms. The number of carbonyl (C=O) groups excluding carboxylic acids is 1. The van der Waals surface area contributed by atoms with Crippen molar-refractivity contribution in [1.29, 1.82) is 0 Å². The molecule has 5 rings (SSSR count). The Kier molecular flexibility index (Phi) is 4.56. The Morgan fingerprint density at radius 1 is 1.00 bits per heavy atom. The van der Waals surface area contributed by atoms with Gasteiger partial charge in [-0.2, -0.15) is 0 Å². The Hall–Kier alpha value is -3.85. The lowest BCUT2D eigenvalue weighted by Crippen LogP contribution is -2.46. The molecule has 1 amide bonds. The number of hydrogen-bond donors (Lipinski definition) is 2. The summed E-state index contributed by atoms with van der Waals surface area (Å²) in [5.41, 5.74) is 10.2. The van der Waals surface area contributed by atoms with Gasteiger partial charge in [0.2, 0.25) is 0 Å². The van der Waals surface area contributed by atoms with Crippen LogP contribution in [0.1, 0.15) is 10.4 Å². The predicted octanol–water partition coefficient (Wildman–Crippen LogP) is 1.48. The molecular weight excluding hydrogens is 380 g/mol. The Morgan fingerprint density at radius 2 is 1.87 bits per heavy atom. The maximum absolute atomic E-state index is 12.6. The van der Waals surface area contributed by atoms with Gasteiger partial charge in [0.1, 0.15) is 0 Å². The molecule has 9 nitrogen and oxygen atoms in total. The van der Waals surface area contributed by atoms with Gasteiger partial charge in [-0.05, 0) is 24.3 Å². The summed E-state index contributed by atoms with van der Waals surface area (Å²) in [5.74, 6) is 0.368. The van der Waals surface area contributed by atoms with Crippen molar-refractivity contribution >= 4 is 17.4 Å². The van der Waals surface area contributed by atoms with Gasteiger partial charge in [0, 0.05) is 56.5 Å². The predicted molar refractivity (Wildman–Crippen MR) is 113 cm³/mol. The molecule has 5 heterocycles. The van der Waals surface area contributed by atoms with E-state index in [1.54, 1.807) is 29.2 Å². The maximum atomic E-state index is 12.6. The van der Waals surface area contributed by atoms with Gasteiger partial charge in [0.25, 0.3) is 5.91 Å². The number of aromatic nitrogens is 5. The van der Waals surface area contributed by atoms with E-state index in [0.717, 1.165) is 24.3 Å². The zero-order valence-corrected chi connectivity index (χ0v) is 16.2. The van der Waals surface area contributed by atoms with Gasteiger partial charge in [0.05, 0.1) is 22.5 Å². The van der Waals surface area contributed by atoms with E-state index in [1.807, 2.05) is 35.4 Å². The van der Waals surface area contributed by atoms with Crippen LogP contribution in [-0.4, -0.2) is 61.6 Å². The minimum Gasteiger partial charge on any atom is -0.382 e. The molecule has 4 aromatic heterocycles. The monoisotopic (exact) mass is 400 g/mol. The van der Waals surface area contributed by atoms with Crippen LogP contribution in [0.3, 0.4) is 0 Å². The second kappa shape index (κ2) is 7.53. The van der Waals surface area contributed by atoms with E-state index >= 15 is 0 Å². The SMILES string of the molecule is Nc1nn2cc(-c3ccc(C(=O)N4CCNCC4)cn3)cnc2c1-c1ccccn1. The summed E-state index contributed by atoms with van der Waals surface area (Å²) >= 11 is 0. The number of nitrogens with zero attached hydrogens (tertiary/aromatic N) is 6. The van der Waals surface area contributed by atoms with Gasteiger partial charge in [-0.25, -0.2) is 9.50 Å². The van der Waals surface area contributed by atoms with Crippen LogP contribution < -0.4 is 11.1 Å². The molecule has 0 aliphatic carbocycles. The molecular formula is C21H20N8O. The highest BCUT2D eigenvalue weighted by molar-refractivity contribution is 5.94. The Morgan fingerprint density at radius 3 is 2.60 bits per heavy atom. The van der Waals surface area contributed by atoms with E-state index in [9.17, 15) is 4.79 Å². The number of anilines is 1. The van der Waals surface area contributed by atoms with Crippen LogP contribution in [0.5, 0.6) is 0 Å². The number of hydrogen-bond acceptors (Lipinski definition) is 7. The topological polar surface area (TPSA) is 114 Å². The number of nitrogens with one attached hydrogen (secondary N) is 1. The zero-order valence-electron chi connectivity index (χ0n) is 16.2. The van der Waals surface area contributed by atoms with Crippen molar-refractivity contribution in [2.24, 2.45) is 0 Å². The van der Waals surface area contributed by atoms with Crippen molar-refractivity contribution in [2.75, 3.05) is 31.9 Å². The third-order valence-electron chi connectivity index (χ3n) is 5.13. The zero-order chi connectivity index (χ0) is 20.5. The van der Waals surface area contributed by atoms with E-state index in [1.165, 1.54) is 0 Å². The molecule has 0 atom stereocenters. The lowest BCUT2D eigenvalue weighted by molar-refractivity contribution is 0.0735. The third kappa shape index (κ3) is 3.25. The van der Waals surface area contributed by atoms with Gasteiger partial charge < -0.3 is 16.0 Å². The molecule has 150 valence electrons. The second-order valence-corrected chi connectivity index (χ2v) is 7.06. The summed E-state index contributed by atoms with van der Waals surface area (Å²) in [5, 5.41) is 7.62. The number of nitrogens with two attached hydrogens (primary N) is 1. The summed E-state index contributed by atoms with van der Waals surface area (Å²) in [4.78, 5) is 27.8. The fourth-order valence-corrected chi connectivity index (χ4v) is 3.58. The second-order valence-electron chi connectivity index (χ2n) is 7.06. The highest BCUT2D eigenvalue weighted by Crippen LogP contribution is 2.28. The third-order valence-corrected chi connectivity index (χ3v) is 5.13. The molecule has 9 heteroatoms. The van der Waals surface area contributed by atoms with Gasteiger partial charge in [0.15, 0.2) is 11.5 Å². The number of carbonyl (C=O) groups is 1. The molecule has 1 saturated heterocycles. The minimum absolute atomic E-state index is 0.00369. The average molecular weight is 400 g/mol. The fourth-order valence-electron chi connectivity index (χ4n) is 3.58. The Bertz CT molecular complexity index is 1200. The van der Waals surface area contributed by atoms with Crippen molar-refractivity contribution in [3.05, 3.63) is 60.7 Å². The van der Waals surface area contributed by atoms with Crippen LogP contribution in [0.2, 0.25) is 0 Å². The van der Waals surface area contributed by atoms with E-state index in [0.29, 0.717) is 41.4 Å². The van der Waals surface area contributed by atoms with Crippen LogP contribution in [0.15, 0.2) is 55.1 Å². The van der Waals surface area contributed by atoms with Crippen molar-refractivity contribution < 1.29 is 4.79 Å². The first-order valence-electron chi connectivity index (χ1n) is 9.72. The van der Waals surface area contributed by atoms with Crippen LogP contribution in [0, 0.1) is 0 Å². The van der Waals surface area contributed by atoms with Crippen LogP contribution in [0.4, 0.5) is 5.82 Å². The average Bonchev–Trinajstić information content (AvgIpc) is 3.14. The summed E-state index contributed by atoms with van der Waals surface area (Å²) in [7, 11) is 0. The minimum atomic E-state index is 0.00369. The van der Waals surface area contributed by atoms with Gasteiger partial charge in [-0.1, -0.05) is 6.07 Å². The first kappa shape index (κ1) is 18.2. The summed E-state index contributed by atoms with van der Waals surface area (Å²) in [6.45, 7) is 3.05. The molecule has 0 unspecified atom stereocenters. The largest absolute Gasteiger partial charge is 0.382 e. The molecule has 0 saturated carbocycles. The molecule has 1 aliphatic heterocycles. The van der Waals surface area contributed by atoms with Crippen molar-refractivity contribution in [3.8, 4) is 22.5 Å². The number of nitrogen functional groups attached to an aromatic ring is 1. The molecule has 1 fully saturated rings. The standard InChI is InChI=1S/C21H20N8O/c22-19-18(17-3-1-2-6-24-17)20-26-12-15(13-29(20)27-19)16-5-4-14(11-25-16)21(30)28-9-7-23-8-10-28/h1-6,11-13,23H,7-10H2,(H2,22,27). The summed E-state index contributed by atoms with van der Waals surface area (Å²) < 4.78 is 1.64. The summed E-state index contributed by atoms with van der Waals surface area (Å²) in [6.07, 6.45) is 6.87. The number of piperazine rings is 1. The lowest BCUT2D eigenvalue weighted by Gasteiger charge is -2.27. The number of amides is 1. The normalized spacial score (nSPS) is 14.2. The Labute approximate surface area is 172 Å². The van der Waals surface area contributed by atoms with Crippen molar-refractivity contribution in [2.45, 2.75) is 0 Å². The van der Waals surface area contributed by atoms with E-state index in [4.69, 9.17) is 5.73 Å². The molecule has 3 N–H and O–H groups in total. The van der Waals surface area contributed by atoms with E-state index in [2.05, 4.69) is 25.4 Å². The fraction of sp³-hybridized carbons (Fsp3) is 0.190. The molecule has 0 aromatic carbocycles. The molecule has 30 heavy (non-hydrogen) atoms. The quantitative estimate of drug-likeness (QED) is 0.535. The number of rotatable bonds is 3. The molecule has 4 aromatic rings. The molecule has 1 aliphatic rings. The molecule has 0 bridgehead atoms. The van der Waals surface area contributed by atoms with Crippen LogP contribution in [0.25, 0.3) is 28.2 Å². The van der Waals surface area contributed by atoms with Crippen molar-refractivity contribution in [3.63, 3.8) is 0 Å². The highest BCUT2D eigenvalue weighted by Gasteiger charge is 2.19. The first-order chi connectivity index (χ1) is 14.7. The first-order valence-corrected chi connectivity index (χ1v) is 9.72. The molecule has 0 radical (unpaired) electrons. The van der Waals surface area contributed by atoms with Gasteiger partial charge in [-0.3, -0.25) is 14.8 Å². The number of pyridine rings is 2. The summed E-state index contributed by atoms with van der Waals surface area (Å²) in [6, 6.07) is 9.24. The van der Waals surface area contributed by atoms with Crippen LogP contribution in [-0.2, 0) is 0 Å².